The Hall–Kier alpha value is -2.44. The van der Waals surface area contributed by atoms with Crippen molar-refractivity contribution in [2.75, 3.05) is 5.32 Å². The van der Waals surface area contributed by atoms with Gasteiger partial charge in [-0.3, -0.25) is 4.68 Å². The third kappa shape index (κ3) is 3.86. The van der Waals surface area contributed by atoms with E-state index in [0.29, 0.717) is 0 Å². The molecule has 0 atom stereocenters. The standard InChI is InChI=1S/C20H20N4S2/c1-14-4-3-5-16(10-14)11-21-20-22-15(2)19(26-20)18-6-8-24(23-18)12-17-7-9-25-13-17/h3-10,13H,11-12H2,1-2H3,(H,21,22). The van der Waals surface area contributed by atoms with Crippen molar-refractivity contribution in [1.82, 2.24) is 14.8 Å². The minimum absolute atomic E-state index is 0.778. The van der Waals surface area contributed by atoms with Crippen molar-refractivity contribution in [3.63, 3.8) is 0 Å². The lowest BCUT2D eigenvalue weighted by molar-refractivity contribution is 0.691. The summed E-state index contributed by atoms with van der Waals surface area (Å²) < 4.78 is 1.98. The smallest absolute Gasteiger partial charge is 0.183 e. The van der Waals surface area contributed by atoms with E-state index >= 15 is 0 Å². The first-order valence-electron chi connectivity index (χ1n) is 8.49. The normalized spacial score (nSPS) is 11.0. The maximum absolute atomic E-state index is 4.72. The molecule has 1 N–H and O–H groups in total. The van der Waals surface area contributed by atoms with Crippen LogP contribution in [0, 0.1) is 13.8 Å². The fraction of sp³-hybridized carbons (Fsp3) is 0.200. The van der Waals surface area contributed by atoms with E-state index in [1.807, 2.05) is 17.8 Å². The lowest BCUT2D eigenvalue weighted by atomic mass is 10.1. The van der Waals surface area contributed by atoms with E-state index in [9.17, 15) is 0 Å². The molecule has 4 nitrogen and oxygen atoms in total. The van der Waals surface area contributed by atoms with Crippen molar-refractivity contribution >= 4 is 27.8 Å². The van der Waals surface area contributed by atoms with Crippen LogP contribution in [0.15, 0.2) is 53.4 Å². The molecule has 0 amide bonds. The average molecular weight is 381 g/mol. The highest BCUT2D eigenvalue weighted by molar-refractivity contribution is 7.19. The third-order valence-electron chi connectivity index (χ3n) is 4.12. The molecule has 1 aromatic carbocycles. The largest absolute Gasteiger partial charge is 0.357 e. The highest BCUT2D eigenvalue weighted by Gasteiger charge is 2.12. The van der Waals surface area contributed by atoms with Crippen molar-refractivity contribution in [2.24, 2.45) is 0 Å². The number of hydrogen-bond acceptors (Lipinski definition) is 5. The molecule has 0 saturated heterocycles. The molecule has 132 valence electrons. The molecule has 0 aliphatic rings. The molecule has 26 heavy (non-hydrogen) atoms. The van der Waals surface area contributed by atoms with Gasteiger partial charge in [-0.2, -0.15) is 16.4 Å². The van der Waals surface area contributed by atoms with Gasteiger partial charge in [-0.15, -0.1) is 0 Å². The second-order valence-corrected chi connectivity index (χ2v) is 8.09. The van der Waals surface area contributed by atoms with E-state index in [1.54, 1.807) is 22.7 Å². The van der Waals surface area contributed by atoms with Gasteiger partial charge in [0.15, 0.2) is 5.13 Å². The summed E-state index contributed by atoms with van der Waals surface area (Å²) in [4.78, 5) is 5.80. The number of benzene rings is 1. The number of nitrogens with one attached hydrogen (secondary N) is 1. The summed E-state index contributed by atoms with van der Waals surface area (Å²) in [6, 6.07) is 12.7. The first-order valence-corrected chi connectivity index (χ1v) is 10.2. The lowest BCUT2D eigenvalue weighted by Gasteiger charge is -2.03. The Morgan fingerprint density at radius 3 is 2.85 bits per heavy atom. The van der Waals surface area contributed by atoms with Gasteiger partial charge in [0.25, 0.3) is 0 Å². The zero-order valence-electron chi connectivity index (χ0n) is 14.8. The van der Waals surface area contributed by atoms with Crippen LogP contribution in [0.3, 0.4) is 0 Å². The van der Waals surface area contributed by atoms with E-state index in [0.717, 1.165) is 34.5 Å². The average Bonchev–Trinajstić information content (AvgIpc) is 3.35. The fourth-order valence-electron chi connectivity index (χ4n) is 2.85. The fourth-order valence-corrected chi connectivity index (χ4v) is 4.44. The van der Waals surface area contributed by atoms with Gasteiger partial charge in [0.1, 0.15) is 5.69 Å². The summed E-state index contributed by atoms with van der Waals surface area (Å²) in [5.41, 5.74) is 5.82. The number of thiazole rings is 1. The number of thiophene rings is 1. The summed E-state index contributed by atoms with van der Waals surface area (Å²) in [6.45, 7) is 5.74. The first-order chi connectivity index (χ1) is 12.7. The maximum Gasteiger partial charge on any atom is 0.183 e. The SMILES string of the molecule is Cc1cccc(CNc2nc(C)c(-c3ccn(Cc4ccsc4)n3)s2)c1. The molecule has 3 heterocycles. The molecule has 6 heteroatoms. The molecule has 0 bridgehead atoms. The molecule has 0 aliphatic heterocycles. The molecule has 0 radical (unpaired) electrons. The molecule has 3 aromatic heterocycles. The summed E-state index contributed by atoms with van der Waals surface area (Å²) in [5.74, 6) is 0. The Morgan fingerprint density at radius 2 is 2.04 bits per heavy atom. The highest BCUT2D eigenvalue weighted by Crippen LogP contribution is 2.32. The van der Waals surface area contributed by atoms with Crippen LogP contribution in [-0.4, -0.2) is 14.8 Å². The molecular formula is C20H20N4S2. The van der Waals surface area contributed by atoms with Gasteiger partial charge in [-0.1, -0.05) is 41.2 Å². The number of nitrogens with zero attached hydrogens (tertiary/aromatic N) is 3. The minimum Gasteiger partial charge on any atom is -0.357 e. The van der Waals surface area contributed by atoms with E-state index in [2.05, 4.69) is 64.4 Å². The second kappa shape index (κ2) is 7.43. The van der Waals surface area contributed by atoms with Crippen LogP contribution in [0.25, 0.3) is 10.6 Å². The second-order valence-electron chi connectivity index (χ2n) is 6.31. The molecule has 0 saturated carbocycles. The summed E-state index contributed by atoms with van der Waals surface area (Å²) >= 11 is 3.38. The van der Waals surface area contributed by atoms with E-state index in [4.69, 9.17) is 5.10 Å². The monoisotopic (exact) mass is 380 g/mol. The van der Waals surface area contributed by atoms with Crippen LogP contribution in [0.2, 0.25) is 0 Å². The number of anilines is 1. The van der Waals surface area contributed by atoms with Crippen molar-refractivity contribution < 1.29 is 0 Å². The number of hydrogen-bond donors (Lipinski definition) is 1. The Bertz CT molecular complexity index is 999. The Kier molecular flexibility index (Phi) is 4.86. The zero-order chi connectivity index (χ0) is 17.9. The molecule has 0 unspecified atom stereocenters. The quantitative estimate of drug-likeness (QED) is 0.491. The van der Waals surface area contributed by atoms with Crippen molar-refractivity contribution in [3.05, 3.63) is 75.7 Å². The predicted octanol–water partition coefficient (Wildman–Crippen LogP) is 5.35. The Labute approximate surface area is 161 Å². The molecule has 0 spiro atoms. The summed E-state index contributed by atoms with van der Waals surface area (Å²) in [6.07, 6.45) is 2.03. The first kappa shape index (κ1) is 17.0. The predicted molar refractivity (Wildman–Crippen MR) is 110 cm³/mol. The molecule has 4 rings (SSSR count). The molecule has 4 aromatic rings. The Balaban J connectivity index is 1.47. The van der Waals surface area contributed by atoms with E-state index in [1.165, 1.54) is 16.7 Å². The Morgan fingerprint density at radius 1 is 1.12 bits per heavy atom. The maximum atomic E-state index is 4.72. The van der Waals surface area contributed by atoms with Gasteiger partial charge < -0.3 is 5.32 Å². The van der Waals surface area contributed by atoms with Gasteiger partial charge in [-0.05, 0) is 47.9 Å². The van der Waals surface area contributed by atoms with Gasteiger partial charge in [0.2, 0.25) is 0 Å². The lowest BCUT2D eigenvalue weighted by Crippen LogP contribution is -1.98. The van der Waals surface area contributed by atoms with Crippen molar-refractivity contribution in [2.45, 2.75) is 26.9 Å². The number of aromatic nitrogens is 3. The van der Waals surface area contributed by atoms with Crippen LogP contribution < -0.4 is 5.32 Å². The number of rotatable bonds is 6. The molecule has 0 aliphatic carbocycles. The molecule has 0 fully saturated rings. The number of aryl methyl sites for hydroxylation is 2. The van der Waals surface area contributed by atoms with Gasteiger partial charge in [0, 0.05) is 12.7 Å². The van der Waals surface area contributed by atoms with Gasteiger partial charge >= 0.3 is 0 Å². The van der Waals surface area contributed by atoms with Crippen LogP contribution in [0.1, 0.15) is 22.4 Å². The van der Waals surface area contributed by atoms with E-state index < -0.39 is 0 Å². The highest BCUT2D eigenvalue weighted by atomic mass is 32.1. The minimum atomic E-state index is 0.778. The van der Waals surface area contributed by atoms with Gasteiger partial charge in [-0.25, -0.2) is 4.98 Å². The van der Waals surface area contributed by atoms with Gasteiger partial charge in [0.05, 0.1) is 17.1 Å². The zero-order valence-corrected chi connectivity index (χ0v) is 16.4. The van der Waals surface area contributed by atoms with Crippen LogP contribution >= 0.6 is 22.7 Å². The van der Waals surface area contributed by atoms with Crippen LogP contribution in [0.4, 0.5) is 5.13 Å². The topological polar surface area (TPSA) is 42.7 Å². The van der Waals surface area contributed by atoms with Crippen LogP contribution in [-0.2, 0) is 13.1 Å². The summed E-state index contributed by atoms with van der Waals surface area (Å²) in [5, 5.41) is 13.4. The van der Waals surface area contributed by atoms with Crippen molar-refractivity contribution in [1.29, 1.82) is 0 Å². The third-order valence-corrected chi connectivity index (χ3v) is 5.99. The van der Waals surface area contributed by atoms with Crippen LogP contribution in [0.5, 0.6) is 0 Å². The summed E-state index contributed by atoms with van der Waals surface area (Å²) in [7, 11) is 0. The van der Waals surface area contributed by atoms with Crippen molar-refractivity contribution in [3.8, 4) is 10.6 Å². The van der Waals surface area contributed by atoms with E-state index in [-0.39, 0.29) is 0 Å². The molecular weight excluding hydrogens is 360 g/mol.